The molecule has 2 fully saturated rings. The Balaban J connectivity index is 1.36. The van der Waals surface area contributed by atoms with E-state index >= 15 is 0 Å². The summed E-state index contributed by atoms with van der Waals surface area (Å²) in [6, 6.07) is 3.74. The van der Waals surface area contributed by atoms with Crippen LogP contribution in [0.4, 0.5) is 0 Å². The average molecular weight is 416 g/mol. The highest BCUT2D eigenvalue weighted by Crippen LogP contribution is 2.48. The van der Waals surface area contributed by atoms with E-state index in [0.29, 0.717) is 31.0 Å². The zero-order valence-electron chi connectivity index (χ0n) is 18.2. The van der Waals surface area contributed by atoms with E-state index in [-0.39, 0.29) is 17.8 Å². The van der Waals surface area contributed by atoms with Gasteiger partial charge in [-0.2, -0.15) is 0 Å². The molecule has 0 radical (unpaired) electrons. The van der Waals surface area contributed by atoms with Crippen molar-refractivity contribution in [2.75, 3.05) is 39.8 Å². The Kier molecular flexibility index (Phi) is 6.27. The number of amides is 1. The summed E-state index contributed by atoms with van der Waals surface area (Å²) in [6.07, 6.45) is 6.21. The summed E-state index contributed by atoms with van der Waals surface area (Å²) in [5.41, 5.74) is 0.592. The third-order valence-electron chi connectivity index (χ3n) is 6.77. The fraction of sp³-hybridized carbons (Fsp3) is 0.696. The quantitative estimate of drug-likeness (QED) is 0.638. The maximum atomic E-state index is 12.9. The molecule has 30 heavy (non-hydrogen) atoms. The molecule has 0 atom stereocenters. The van der Waals surface area contributed by atoms with E-state index in [1.807, 2.05) is 31.0 Å². The van der Waals surface area contributed by atoms with Crippen molar-refractivity contribution < 1.29 is 19.1 Å². The molecule has 7 nitrogen and oxygen atoms in total. The van der Waals surface area contributed by atoms with Crippen molar-refractivity contribution in [3.63, 3.8) is 0 Å². The molecule has 1 saturated heterocycles. The molecule has 1 amide bonds. The number of carbonyl (C=O) groups is 2. The Bertz CT molecular complexity index is 783. The molecule has 1 saturated carbocycles. The van der Waals surface area contributed by atoms with Gasteiger partial charge in [0, 0.05) is 37.7 Å². The van der Waals surface area contributed by atoms with E-state index in [1.165, 1.54) is 12.8 Å². The van der Waals surface area contributed by atoms with Crippen LogP contribution in [0.5, 0.6) is 5.88 Å². The molecule has 0 bridgehead atoms. The van der Waals surface area contributed by atoms with Gasteiger partial charge in [0.05, 0.1) is 6.61 Å². The first-order chi connectivity index (χ1) is 14.5. The van der Waals surface area contributed by atoms with Gasteiger partial charge in [-0.3, -0.25) is 4.79 Å². The van der Waals surface area contributed by atoms with E-state index in [9.17, 15) is 9.59 Å². The normalized spacial score (nSPS) is 25.9. The fourth-order valence-corrected chi connectivity index (χ4v) is 4.95. The minimum absolute atomic E-state index is 0.00192. The number of ether oxygens (including phenoxy) is 2. The van der Waals surface area contributed by atoms with Gasteiger partial charge in [0.25, 0.3) is 0 Å². The first kappa shape index (κ1) is 21.1. The van der Waals surface area contributed by atoms with Gasteiger partial charge in [-0.1, -0.05) is 6.92 Å². The number of hydrogen-bond acceptors (Lipinski definition) is 6. The zero-order valence-corrected chi connectivity index (χ0v) is 18.2. The molecule has 1 aliphatic carbocycles. The summed E-state index contributed by atoms with van der Waals surface area (Å²) in [6.45, 7) is 6.64. The van der Waals surface area contributed by atoms with E-state index in [1.54, 1.807) is 0 Å². The van der Waals surface area contributed by atoms with Crippen LogP contribution in [-0.4, -0.2) is 66.5 Å². The molecule has 164 valence electrons. The average Bonchev–Trinajstić information content (AvgIpc) is 3.37. The summed E-state index contributed by atoms with van der Waals surface area (Å²) in [4.78, 5) is 34.1. The number of likely N-dealkylation sites (tertiary alicyclic amines) is 1. The number of likely N-dealkylation sites (N-methyl/N-ethyl adjacent to an activating group) is 1. The van der Waals surface area contributed by atoms with Crippen molar-refractivity contribution in [2.45, 2.75) is 57.5 Å². The van der Waals surface area contributed by atoms with Gasteiger partial charge >= 0.3 is 5.97 Å². The summed E-state index contributed by atoms with van der Waals surface area (Å²) in [5.74, 6) is 0.310. The summed E-state index contributed by atoms with van der Waals surface area (Å²) in [5, 5.41) is 0. The maximum Gasteiger partial charge on any atom is 0.358 e. The van der Waals surface area contributed by atoms with Crippen LogP contribution in [0.25, 0.3) is 0 Å². The fourth-order valence-electron chi connectivity index (χ4n) is 4.95. The first-order valence-electron chi connectivity index (χ1n) is 11.4. The SMILES string of the molecule is CCCOc1ccc2c(n1)C(=O)O[C@]21CC[C@H](C(=O)N(C)CCN2CCCC2)CC1. The number of esters is 1. The predicted octanol–water partition coefficient (Wildman–Crippen LogP) is 2.98. The van der Waals surface area contributed by atoms with Crippen LogP contribution in [0.15, 0.2) is 12.1 Å². The van der Waals surface area contributed by atoms with Crippen LogP contribution in [0.3, 0.4) is 0 Å². The van der Waals surface area contributed by atoms with Crippen molar-refractivity contribution in [3.8, 4) is 5.88 Å². The Morgan fingerprint density at radius 1 is 1.30 bits per heavy atom. The molecule has 2 aliphatic heterocycles. The number of hydrogen-bond donors (Lipinski definition) is 0. The number of pyridine rings is 1. The van der Waals surface area contributed by atoms with Crippen molar-refractivity contribution in [1.29, 1.82) is 0 Å². The van der Waals surface area contributed by atoms with Crippen molar-refractivity contribution in [1.82, 2.24) is 14.8 Å². The van der Waals surface area contributed by atoms with Gasteiger partial charge in [-0.15, -0.1) is 0 Å². The lowest BCUT2D eigenvalue weighted by molar-refractivity contribution is -0.137. The number of nitrogens with zero attached hydrogens (tertiary/aromatic N) is 3. The topological polar surface area (TPSA) is 72.0 Å². The summed E-state index contributed by atoms with van der Waals surface area (Å²) in [7, 11) is 1.91. The zero-order chi connectivity index (χ0) is 21.1. The standard InChI is InChI=1S/C23H33N3O4/c1-3-16-29-19-7-6-18-20(24-19)22(28)30-23(18)10-8-17(9-11-23)21(27)25(2)14-15-26-12-4-5-13-26/h6-7,17H,3-5,8-16H2,1-2H3/t17-,23-. The lowest BCUT2D eigenvalue weighted by Gasteiger charge is -2.37. The molecular weight excluding hydrogens is 382 g/mol. The predicted molar refractivity (Wildman–Crippen MR) is 112 cm³/mol. The van der Waals surface area contributed by atoms with E-state index in [4.69, 9.17) is 9.47 Å². The van der Waals surface area contributed by atoms with Crippen molar-refractivity contribution >= 4 is 11.9 Å². The first-order valence-corrected chi connectivity index (χ1v) is 11.4. The number of fused-ring (bicyclic) bond motifs is 2. The molecule has 1 aromatic rings. The van der Waals surface area contributed by atoms with Gasteiger partial charge in [0.2, 0.25) is 11.8 Å². The van der Waals surface area contributed by atoms with Crippen LogP contribution in [0.1, 0.15) is 67.9 Å². The number of rotatable bonds is 7. The Labute approximate surface area is 178 Å². The van der Waals surface area contributed by atoms with Crippen LogP contribution in [0, 0.1) is 5.92 Å². The van der Waals surface area contributed by atoms with E-state index in [2.05, 4.69) is 9.88 Å². The number of carbonyl (C=O) groups excluding carboxylic acids is 2. The molecule has 1 spiro atoms. The second-order valence-corrected chi connectivity index (χ2v) is 8.86. The lowest BCUT2D eigenvalue weighted by atomic mass is 9.75. The molecule has 0 N–H and O–H groups in total. The second-order valence-electron chi connectivity index (χ2n) is 8.86. The highest BCUT2D eigenvalue weighted by Gasteiger charge is 2.49. The van der Waals surface area contributed by atoms with Crippen LogP contribution < -0.4 is 4.74 Å². The molecule has 4 rings (SSSR count). The minimum atomic E-state index is -0.631. The highest BCUT2D eigenvalue weighted by molar-refractivity contribution is 5.93. The minimum Gasteiger partial charge on any atom is -0.478 e. The van der Waals surface area contributed by atoms with E-state index in [0.717, 1.165) is 51.0 Å². The molecule has 1 aromatic heterocycles. The van der Waals surface area contributed by atoms with Crippen molar-refractivity contribution in [2.24, 2.45) is 5.92 Å². The van der Waals surface area contributed by atoms with Crippen LogP contribution >= 0.6 is 0 Å². The van der Waals surface area contributed by atoms with Gasteiger partial charge < -0.3 is 19.3 Å². The molecule has 0 aromatic carbocycles. The third kappa shape index (κ3) is 4.17. The molecule has 0 unspecified atom stereocenters. The third-order valence-corrected chi connectivity index (χ3v) is 6.77. The second kappa shape index (κ2) is 8.92. The summed E-state index contributed by atoms with van der Waals surface area (Å²) >= 11 is 0. The van der Waals surface area contributed by atoms with Crippen LogP contribution in [0.2, 0.25) is 0 Å². The number of aromatic nitrogens is 1. The Morgan fingerprint density at radius 2 is 2.03 bits per heavy atom. The van der Waals surface area contributed by atoms with Gasteiger partial charge in [-0.25, -0.2) is 9.78 Å². The monoisotopic (exact) mass is 415 g/mol. The molecule has 7 heteroatoms. The van der Waals surface area contributed by atoms with Gasteiger partial charge in [0.15, 0.2) is 5.69 Å². The van der Waals surface area contributed by atoms with Crippen molar-refractivity contribution in [3.05, 3.63) is 23.4 Å². The highest BCUT2D eigenvalue weighted by atomic mass is 16.6. The molecule has 3 heterocycles. The largest absolute Gasteiger partial charge is 0.478 e. The lowest BCUT2D eigenvalue weighted by Crippen LogP contribution is -2.41. The van der Waals surface area contributed by atoms with E-state index < -0.39 is 5.60 Å². The van der Waals surface area contributed by atoms with Gasteiger partial charge in [0.1, 0.15) is 5.60 Å². The van der Waals surface area contributed by atoms with Gasteiger partial charge in [-0.05, 0) is 64.1 Å². The smallest absolute Gasteiger partial charge is 0.358 e. The molecular formula is C23H33N3O4. The summed E-state index contributed by atoms with van der Waals surface area (Å²) < 4.78 is 11.4. The van der Waals surface area contributed by atoms with Crippen LogP contribution in [-0.2, 0) is 15.1 Å². The molecule has 3 aliphatic rings. The Morgan fingerprint density at radius 3 is 2.73 bits per heavy atom. The maximum absolute atomic E-state index is 12.9. The Hall–Kier alpha value is -2.15.